The van der Waals surface area contributed by atoms with Crippen LogP contribution in [0.1, 0.15) is 0 Å². The molecule has 0 fully saturated rings. The fourth-order valence-corrected chi connectivity index (χ4v) is 21.3. The van der Waals surface area contributed by atoms with Gasteiger partial charge in [0, 0.05) is 99.5 Å². The first-order valence-corrected chi connectivity index (χ1v) is 48.9. The van der Waals surface area contributed by atoms with E-state index in [1.54, 1.807) is 0 Å². The maximum absolute atomic E-state index is 5.10. The van der Waals surface area contributed by atoms with Crippen molar-refractivity contribution in [1.29, 1.82) is 0 Å². The van der Waals surface area contributed by atoms with Gasteiger partial charge in [-0.05, 0) is 171 Å². The first-order chi connectivity index (χ1) is 71.9. The van der Waals surface area contributed by atoms with Crippen LogP contribution >= 0.6 is 0 Å². The van der Waals surface area contributed by atoms with Crippen molar-refractivity contribution in [3.63, 3.8) is 0 Å². The lowest BCUT2D eigenvalue weighted by Crippen LogP contribution is -2.01. The summed E-state index contributed by atoms with van der Waals surface area (Å²) in [7, 11) is 0. The predicted molar refractivity (Wildman–Crippen MR) is 599 cm³/mol. The Bertz CT molecular complexity index is 9770. The molecule has 0 spiro atoms. The molecule has 0 saturated heterocycles. The van der Waals surface area contributed by atoms with Crippen molar-refractivity contribution in [3.05, 3.63) is 510 Å². The van der Waals surface area contributed by atoms with Crippen LogP contribution in [-0.2, 0) is 0 Å². The monoisotopic (exact) mass is 1850 g/mol. The van der Waals surface area contributed by atoms with Crippen LogP contribution in [0, 0.1) is 0 Å². The van der Waals surface area contributed by atoms with E-state index in [0.717, 1.165) is 83.6 Å². The Balaban J connectivity index is 0.000000108. The van der Waals surface area contributed by atoms with Gasteiger partial charge in [-0.15, -0.1) is 0 Å². The lowest BCUT2D eigenvalue weighted by Gasteiger charge is -2.12. The molecular formula is C133H84N12. The van der Waals surface area contributed by atoms with E-state index in [4.69, 9.17) is 44.9 Å². The van der Waals surface area contributed by atoms with Gasteiger partial charge in [-0.1, -0.05) is 425 Å². The minimum atomic E-state index is 0.635. The second-order valence-electron chi connectivity index (χ2n) is 36.6. The maximum atomic E-state index is 5.10. The van der Waals surface area contributed by atoms with E-state index < -0.39 is 0 Å². The summed E-state index contributed by atoms with van der Waals surface area (Å²) in [6.07, 6.45) is 0. The number of rotatable bonds is 13. The summed E-state index contributed by atoms with van der Waals surface area (Å²) in [6, 6.07) is 179. The Morgan fingerprint density at radius 2 is 0.290 bits per heavy atom. The van der Waals surface area contributed by atoms with Crippen LogP contribution in [0.25, 0.3) is 272 Å². The SMILES string of the molecule is c1ccc(-c2nc(-c3cccc(-n4c5ccc6ccccc6c5c5c6ccccc6ccc54)c3)nc(-c3ccc4ccccc4c3)n2)cc1.c1ccc(-c2nc(-c3ccccc3)nc(-c3cccc(-c4cccc(-n5c6ccc7ccccc7c6c6c7ccccc7ccc65)c4)c3)n2)cc1.c1ccc(-c2nc(-c3ccccc3)nc(-c3cccc(-n4c5ccc6ccccc6c5c5c6ccccc6ccc54)c3)n2)cc1. The van der Waals surface area contributed by atoms with Crippen LogP contribution in [0.3, 0.4) is 0 Å². The van der Waals surface area contributed by atoms with Gasteiger partial charge in [0.25, 0.3) is 0 Å². The fourth-order valence-electron chi connectivity index (χ4n) is 21.3. The zero-order chi connectivity index (χ0) is 95.8. The van der Waals surface area contributed by atoms with Gasteiger partial charge in [-0.25, -0.2) is 44.9 Å². The summed E-state index contributed by atoms with van der Waals surface area (Å²) in [4.78, 5) is 44.9. The van der Waals surface area contributed by atoms with Gasteiger partial charge in [0.2, 0.25) is 0 Å². The third-order valence-corrected chi connectivity index (χ3v) is 28.0. The molecule has 0 bridgehead atoms. The molecule has 12 heteroatoms. The van der Waals surface area contributed by atoms with Crippen molar-refractivity contribution >= 4 is 141 Å². The second-order valence-corrected chi connectivity index (χ2v) is 36.6. The largest absolute Gasteiger partial charge is 0.309 e. The van der Waals surface area contributed by atoms with Crippen molar-refractivity contribution < 1.29 is 0 Å². The normalized spacial score (nSPS) is 11.6. The molecule has 0 atom stereocenters. The summed E-state index contributed by atoms with van der Waals surface area (Å²) in [5, 5.41) is 24.9. The van der Waals surface area contributed by atoms with Crippen molar-refractivity contribution in [2.24, 2.45) is 0 Å². The summed E-state index contributed by atoms with van der Waals surface area (Å²) in [5.74, 6) is 5.82. The van der Waals surface area contributed by atoms with Crippen LogP contribution in [0.4, 0.5) is 0 Å². The van der Waals surface area contributed by atoms with Gasteiger partial charge in [0.1, 0.15) is 0 Å². The van der Waals surface area contributed by atoms with E-state index in [9.17, 15) is 0 Å². The fraction of sp³-hybridized carbons (Fsp3) is 0. The minimum Gasteiger partial charge on any atom is -0.309 e. The third kappa shape index (κ3) is 15.3. The smallest absolute Gasteiger partial charge is 0.164 e. The minimum absolute atomic E-state index is 0.635. The molecule has 0 saturated carbocycles. The quantitative estimate of drug-likeness (QED) is 0.111. The zero-order valence-corrected chi connectivity index (χ0v) is 78.4. The standard InChI is InChI=1S/C47H30N4.C45H28N4.C41H26N4/c1-3-15-33(16-4-1)45-48-46(34-17-5-2-6-18-34)50-47(49-45)37-21-11-19-35(29-37)36-20-12-22-38(30-36)51-41-27-25-31-13-7-9-23-39(31)43(41)44-40-24-10-8-14-32(40)26-28-42(44)51;1-2-14-32(15-3-1)43-46-44(48-45(47-43)35-22-21-29-11-4-5-16-33(29)27-35)34-17-10-18-36(28-34)49-39-25-23-30-12-6-8-19-37(30)41(39)42-38-20-9-7-13-31(38)24-26-40(42)49;1-3-14-29(15-4-1)39-42-40(30-16-5-2-6-17-30)44-41(43-39)31-18-11-19-32(26-31)45-35-24-22-27-12-7-9-20-33(27)37(35)38-34-21-10-8-13-28(34)23-25-36(38)45/h1-30H;1-28H;1-26H. The number of nitrogens with zero attached hydrogens (tertiary/aromatic N) is 12. The highest BCUT2D eigenvalue weighted by molar-refractivity contribution is 6.31. The van der Waals surface area contributed by atoms with E-state index in [1.807, 2.05) is 152 Å². The zero-order valence-electron chi connectivity index (χ0n) is 78.4. The lowest BCUT2D eigenvalue weighted by molar-refractivity contribution is 1.07. The van der Waals surface area contributed by atoms with E-state index >= 15 is 0 Å². The Kier molecular flexibility index (Phi) is 21.0. The molecule has 0 aliphatic carbocycles. The number of fused-ring (bicyclic) bond motifs is 22. The topological polar surface area (TPSA) is 131 Å². The van der Waals surface area contributed by atoms with Crippen molar-refractivity contribution in [2.45, 2.75) is 0 Å². The molecule has 0 aliphatic rings. The summed E-state index contributed by atoms with van der Waals surface area (Å²) in [6.45, 7) is 0. The van der Waals surface area contributed by atoms with Gasteiger partial charge >= 0.3 is 0 Å². The molecule has 29 rings (SSSR count). The van der Waals surface area contributed by atoms with Gasteiger partial charge in [-0.2, -0.15) is 0 Å². The number of hydrogen-bond acceptors (Lipinski definition) is 9. The van der Waals surface area contributed by atoms with Crippen LogP contribution < -0.4 is 0 Å². The van der Waals surface area contributed by atoms with E-state index in [2.05, 4.69) is 372 Å². The summed E-state index contributed by atoms with van der Waals surface area (Å²) < 4.78 is 7.18. The van der Waals surface area contributed by atoms with E-state index in [0.29, 0.717) is 52.4 Å². The first kappa shape index (κ1) is 84.6. The molecule has 29 aromatic rings. The molecule has 0 aliphatic heterocycles. The van der Waals surface area contributed by atoms with Gasteiger partial charge in [0.15, 0.2) is 52.4 Å². The highest BCUT2D eigenvalue weighted by Gasteiger charge is 2.26. The first-order valence-electron chi connectivity index (χ1n) is 48.9. The molecule has 0 unspecified atom stereocenters. The van der Waals surface area contributed by atoms with Crippen LogP contribution in [0.2, 0.25) is 0 Å². The molecule has 23 aromatic carbocycles. The van der Waals surface area contributed by atoms with E-state index in [-0.39, 0.29) is 0 Å². The van der Waals surface area contributed by atoms with E-state index in [1.165, 1.54) is 135 Å². The maximum Gasteiger partial charge on any atom is 0.164 e. The second kappa shape index (κ2) is 35.9. The van der Waals surface area contributed by atoms with Crippen LogP contribution in [0.15, 0.2) is 510 Å². The number of aromatic nitrogens is 12. The summed E-state index contributed by atoms with van der Waals surface area (Å²) >= 11 is 0. The molecule has 6 aromatic heterocycles. The Hall–Kier alpha value is -19.7. The van der Waals surface area contributed by atoms with Crippen LogP contribution in [-0.4, -0.2) is 58.6 Å². The summed E-state index contributed by atoms with van der Waals surface area (Å²) in [5.41, 5.74) is 21.0. The molecular weight excluding hydrogens is 1770 g/mol. The molecule has 145 heavy (non-hydrogen) atoms. The van der Waals surface area contributed by atoms with Crippen LogP contribution in [0.5, 0.6) is 0 Å². The average Bonchev–Trinajstić information content (AvgIpc) is 1.57. The third-order valence-electron chi connectivity index (χ3n) is 28.0. The van der Waals surface area contributed by atoms with Gasteiger partial charge in [0.05, 0.1) is 33.1 Å². The highest BCUT2D eigenvalue weighted by Crippen LogP contribution is 2.47. The van der Waals surface area contributed by atoms with Gasteiger partial charge < -0.3 is 13.7 Å². The van der Waals surface area contributed by atoms with Crippen molar-refractivity contribution in [2.75, 3.05) is 0 Å². The highest BCUT2D eigenvalue weighted by atomic mass is 15.1. The number of hydrogen-bond donors (Lipinski definition) is 0. The molecule has 0 radical (unpaired) electrons. The molecule has 0 N–H and O–H groups in total. The Morgan fingerprint density at radius 3 is 0.559 bits per heavy atom. The molecule has 6 heterocycles. The number of benzene rings is 23. The Morgan fingerprint density at radius 1 is 0.110 bits per heavy atom. The predicted octanol–water partition coefficient (Wildman–Crippen LogP) is 33.6. The molecule has 0 amide bonds. The van der Waals surface area contributed by atoms with Crippen molar-refractivity contribution in [1.82, 2.24) is 58.6 Å². The lowest BCUT2D eigenvalue weighted by atomic mass is 10.00. The molecule has 12 nitrogen and oxygen atoms in total. The van der Waals surface area contributed by atoms with Gasteiger partial charge in [-0.3, -0.25) is 0 Å². The Labute approximate surface area is 833 Å². The molecule has 676 valence electrons. The average molecular weight is 1850 g/mol. The van der Waals surface area contributed by atoms with Crippen molar-refractivity contribution in [3.8, 4) is 131 Å².